The Morgan fingerprint density at radius 2 is 2.00 bits per heavy atom. The van der Waals surface area contributed by atoms with Gasteiger partial charge in [-0.3, -0.25) is 4.79 Å². The minimum atomic E-state index is 0.0147. The zero-order valence-electron chi connectivity index (χ0n) is 12.7. The van der Waals surface area contributed by atoms with Gasteiger partial charge < -0.3 is 20.6 Å². The van der Waals surface area contributed by atoms with Crippen LogP contribution >= 0.6 is 0 Å². The summed E-state index contributed by atoms with van der Waals surface area (Å²) in [5.74, 6) is 0.901. The van der Waals surface area contributed by atoms with E-state index in [1.807, 2.05) is 38.1 Å². The molecule has 0 heterocycles. The van der Waals surface area contributed by atoms with Crippen molar-refractivity contribution in [2.45, 2.75) is 32.7 Å². The molecule has 0 aliphatic heterocycles. The number of methoxy groups -OCH3 is 1. The third kappa shape index (κ3) is 5.33. The molecule has 1 rings (SSSR count). The van der Waals surface area contributed by atoms with Gasteiger partial charge in [0.05, 0.1) is 13.5 Å². The second-order valence-corrected chi connectivity index (χ2v) is 5.05. The van der Waals surface area contributed by atoms with E-state index >= 15 is 0 Å². The van der Waals surface area contributed by atoms with E-state index in [4.69, 9.17) is 15.7 Å². The van der Waals surface area contributed by atoms with E-state index in [-0.39, 0.29) is 17.8 Å². The van der Waals surface area contributed by atoms with Crippen molar-refractivity contribution in [2.75, 3.05) is 13.7 Å². The summed E-state index contributed by atoms with van der Waals surface area (Å²) in [5.41, 5.74) is 6.38. The van der Waals surface area contributed by atoms with Crippen LogP contribution in [0.15, 0.2) is 29.4 Å². The summed E-state index contributed by atoms with van der Waals surface area (Å²) in [4.78, 5) is 14.1. The number of hydrogen-bond donors (Lipinski definition) is 2. The summed E-state index contributed by atoms with van der Waals surface area (Å²) in [6.07, 6.45) is 0.668. The number of carbonyl (C=O) groups is 1. The topological polar surface area (TPSA) is 88.2 Å². The van der Waals surface area contributed by atoms with Crippen LogP contribution in [-0.4, -0.2) is 41.5 Å². The van der Waals surface area contributed by atoms with Crippen LogP contribution in [-0.2, 0) is 11.2 Å². The van der Waals surface area contributed by atoms with Crippen molar-refractivity contribution in [3.05, 3.63) is 29.8 Å². The summed E-state index contributed by atoms with van der Waals surface area (Å²) < 4.78 is 5.09. The second-order valence-electron chi connectivity index (χ2n) is 5.05. The normalized spacial score (nSPS) is 11.5. The molecule has 0 unspecified atom stereocenters. The van der Waals surface area contributed by atoms with E-state index in [1.54, 1.807) is 12.0 Å². The van der Waals surface area contributed by atoms with Crippen LogP contribution in [0.4, 0.5) is 0 Å². The molecule has 1 aromatic rings. The second kappa shape index (κ2) is 8.14. The van der Waals surface area contributed by atoms with Gasteiger partial charge >= 0.3 is 0 Å². The lowest BCUT2D eigenvalue weighted by molar-refractivity contribution is -0.132. The van der Waals surface area contributed by atoms with Crippen molar-refractivity contribution in [2.24, 2.45) is 10.9 Å². The number of rotatable bonds is 7. The largest absolute Gasteiger partial charge is 0.497 e. The Morgan fingerprint density at radius 1 is 1.38 bits per heavy atom. The summed E-state index contributed by atoms with van der Waals surface area (Å²) in [5, 5.41) is 11.5. The molecule has 3 N–H and O–H groups in total. The average Bonchev–Trinajstić information content (AvgIpc) is 2.47. The highest BCUT2D eigenvalue weighted by Gasteiger charge is 2.17. The molecule has 21 heavy (non-hydrogen) atoms. The molecule has 0 fully saturated rings. The number of nitrogens with two attached hydrogens (primary N) is 1. The number of hydrogen-bond acceptors (Lipinski definition) is 4. The lowest BCUT2D eigenvalue weighted by Crippen LogP contribution is -2.40. The van der Waals surface area contributed by atoms with Crippen LogP contribution in [0.2, 0.25) is 0 Å². The molecule has 0 radical (unpaired) electrons. The maximum atomic E-state index is 12.4. The van der Waals surface area contributed by atoms with Crippen LogP contribution in [0.1, 0.15) is 25.8 Å². The zero-order valence-corrected chi connectivity index (χ0v) is 12.7. The molecule has 0 aliphatic rings. The van der Waals surface area contributed by atoms with Gasteiger partial charge in [-0.05, 0) is 31.5 Å². The Labute approximate surface area is 125 Å². The maximum absolute atomic E-state index is 12.4. The summed E-state index contributed by atoms with van der Waals surface area (Å²) in [7, 11) is 1.60. The number of amides is 1. The first kappa shape index (κ1) is 16.8. The Balaban J connectivity index is 2.67. The number of oxime groups is 1. The fraction of sp³-hybridized carbons (Fsp3) is 0.467. The average molecular weight is 293 g/mol. The van der Waals surface area contributed by atoms with Gasteiger partial charge in [-0.1, -0.05) is 17.3 Å². The van der Waals surface area contributed by atoms with E-state index in [0.717, 1.165) is 11.3 Å². The standard InChI is InChI=1S/C15H23N3O3/c1-11(2)18(9-8-14(16)17-20)15(19)10-12-4-6-13(21-3)7-5-12/h4-7,11,20H,8-10H2,1-3H3,(H2,16,17). The van der Waals surface area contributed by atoms with E-state index in [2.05, 4.69) is 5.16 Å². The van der Waals surface area contributed by atoms with E-state index < -0.39 is 0 Å². The van der Waals surface area contributed by atoms with Crippen molar-refractivity contribution in [3.8, 4) is 5.75 Å². The molecule has 6 nitrogen and oxygen atoms in total. The van der Waals surface area contributed by atoms with Crippen LogP contribution in [0, 0.1) is 0 Å². The number of ether oxygens (including phenoxy) is 1. The lowest BCUT2D eigenvalue weighted by Gasteiger charge is -2.26. The third-order valence-corrected chi connectivity index (χ3v) is 3.20. The van der Waals surface area contributed by atoms with Gasteiger partial charge in [-0.15, -0.1) is 0 Å². The van der Waals surface area contributed by atoms with Crippen LogP contribution in [0.3, 0.4) is 0 Å². The van der Waals surface area contributed by atoms with Gasteiger partial charge in [0.25, 0.3) is 0 Å². The maximum Gasteiger partial charge on any atom is 0.227 e. The van der Waals surface area contributed by atoms with E-state index in [9.17, 15) is 4.79 Å². The van der Waals surface area contributed by atoms with Gasteiger partial charge in [0.15, 0.2) is 0 Å². The lowest BCUT2D eigenvalue weighted by atomic mass is 10.1. The van der Waals surface area contributed by atoms with Crippen LogP contribution < -0.4 is 10.5 Å². The fourth-order valence-corrected chi connectivity index (χ4v) is 1.98. The fourth-order valence-electron chi connectivity index (χ4n) is 1.98. The molecule has 0 aromatic heterocycles. The number of nitrogens with zero attached hydrogens (tertiary/aromatic N) is 2. The quantitative estimate of drug-likeness (QED) is 0.346. The van der Waals surface area contributed by atoms with E-state index in [0.29, 0.717) is 19.4 Å². The number of amidine groups is 1. The van der Waals surface area contributed by atoms with Crippen molar-refractivity contribution in [3.63, 3.8) is 0 Å². The highest BCUT2D eigenvalue weighted by molar-refractivity contribution is 5.82. The minimum Gasteiger partial charge on any atom is -0.497 e. The van der Waals surface area contributed by atoms with Crippen molar-refractivity contribution in [1.29, 1.82) is 0 Å². The molecule has 1 aromatic carbocycles. The molecule has 0 aliphatic carbocycles. The molecule has 0 saturated heterocycles. The Morgan fingerprint density at radius 3 is 2.48 bits per heavy atom. The summed E-state index contributed by atoms with van der Waals surface area (Å²) in [6.45, 7) is 4.32. The van der Waals surface area contributed by atoms with Gasteiger partial charge in [-0.25, -0.2) is 0 Å². The number of benzene rings is 1. The van der Waals surface area contributed by atoms with Crippen LogP contribution in [0.5, 0.6) is 5.75 Å². The van der Waals surface area contributed by atoms with Gasteiger partial charge in [0, 0.05) is 19.0 Å². The predicted molar refractivity (Wildman–Crippen MR) is 81.6 cm³/mol. The monoisotopic (exact) mass is 293 g/mol. The third-order valence-electron chi connectivity index (χ3n) is 3.20. The molecule has 1 amide bonds. The highest BCUT2D eigenvalue weighted by atomic mass is 16.5. The first-order chi connectivity index (χ1) is 9.97. The SMILES string of the molecule is COc1ccc(CC(=O)N(CCC(N)=NO)C(C)C)cc1. The van der Waals surface area contributed by atoms with Gasteiger partial charge in [0.2, 0.25) is 5.91 Å². The minimum absolute atomic E-state index is 0.0147. The van der Waals surface area contributed by atoms with Crippen molar-refractivity contribution >= 4 is 11.7 Å². The Hall–Kier alpha value is -2.24. The number of carbonyl (C=O) groups excluding carboxylic acids is 1. The molecule has 0 spiro atoms. The first-order valence-electron chi connectivity index (χ1n) is 6.86. The predicted octanol–water partition coefficient (Wildman–Crippen LogP) is 1.61. The first-order valence-corrected chi connectivity index (χ1v) is 6.86. The zero-order chi connectivity index (χ0) is 15.8. The van der Waals surface area contributed by atoms with Crippen LogP contribution in [0.25, 0.3) is 0 Å². The van der Waals surface area contributed by atoms with Gasteiger partial charge in [-0.2, -0.15) is 0 Å². The molecule has 116 valence electrons. The van der Waals surface area contributed by atoms with Gasteiger partial charge in [0.1, 0.15) is 11.6 Å². The Bertz CT molecular complexity index is 483. The molecule has 0 bridgehead atoms. The summed E-state index contributed by atoms with van der Waals surface area (Å²) >= 11 is 0. The smallest absolute Gasteiger partial charge is 0.227 e. The molecule has 0 atom stereocenters. The highest BCUT2D eigenvalue weighted by Crippen LogP contribution is 2.13. The molecular formula is C15H23N3O3. The summed E-state index contributed by atoms with van der Waals surface area (Å²) in [6, 6.07) is 7.47. The van der Waals surface area contributed by atoms with E-state index in [1.165, 1.54) is 0 Å². The van der Waals surface area contributed by atoms with Crippen molar-refractivity contribution < 1.29 is 14.7 Å². The molecule has 6 heteroatoms. The Kier molecular flexibility index (Phi) is 6.52. The molecule has 0 saturated carbocycles. The van der Waals surface area contributed by atoms with Crippen molar-refractivity contribution in [1.82, 2.24) is 4.90 Å². The molecular weight excluding hydrogens is 270 g/mol.